The molecule has 0 radical (unpaired) electrons. The Labute approximate surface area is 150 Å². The van der Waals surface area contributed by atoms with Crippen molar-refractivity contribution >= 4 is 23.9 Å². The van der Waals surface area contributed by atoms with Gasteiger partial charge < -0.3 is 19.7 Å². The molecule has 0 bridgehead atoms. The Hall–Kier alpha value is -3.16. The number of carbonyl (C=O) groups is 4. The Morgan fingerprint density at radius 3 is 2.38 bits per heavy atom. The van der Waals surface area contributed by atoms with E-state index in [0.29, 0.717) is 6.42 Å². The van der Waals surface area contributed by atoms with E-state index in [0.717, 1.165) is 37.1 Å². The number of aromatic carboxylic acids is 2. The summed E-state index contributed by atoms with van der Waals surface area (Å²) < 4.78 is 10.2. The highest BCUT2D eigenvalue weighted by molar-refractivity contribution is 6.04. The zero-order valence-corrected chi connectivity index (χ0v) is 14.3. The zero-order chi connectivity index (χ0) is 19.7. The molecule has 1 aromatic rings. The SMILES string of the molecule is C=CC(=O)OC(CCCC)COC(=O)c1ccc(C(=O)O)cc1C(=O)O. The van der Waals surface area contributed by atoms with Crippen LogP contribution in [0.4, 0.5) is 0 Å². The molecule has 8 nitrogen and oxygen atoms in total. The Morgan fingerprint density at radius 1 is 1.15 bits per heavy atom. The van der Waals surface area contributed by atoms with E-state index in [-0.39, 0.29) is 17.7 Å². The Bertz CT molecular complexity index is 707. The minimum absolute atomic E-state index is 0.252. The van der Waals surface area contributed by atoms with Crippen LogP contribution in [0, 0.1) is 0 Å². The van der Waals surface area contributed by atoms with Gasteiger partial charge in [-0.15, -0.1) is 0 Å². The van der Waals surface area contributed by atoms with Gasteiger partial charge in [0.15, 0.2) is 0 Å². The molecule has 26 heavy (non-hydrogen) atoms. The number of carboxylic acid groups (broad SMARTS) is 2. The number of hydrogen-bond donors (Lipinski definition) is 2. The van der Waals surface area contributed by atoms with Crippen LogP contribution in [-0.2, 0) is 14.3 Å². The Morgan fingerprint density at radius 2 is 1.85 bits per heavy atom. The number of carbonyl (C=O) groups excluding carboxylic acids is 2. The third-order valence-corrected chi connectivity index (χ3v) is 3.45. The van der Waals surface area contributed by atoms with E-state index in [4.69, 9.17) is 14.6 Å². The molecule has 1 aromatic carbocycles. The zero-order valence-electron chi connectivity index (χ0n) is 14.3. The fourth-order valence-corrected chi connectivity index (χ4v) is 2.10. The molecule has 0 aliphatic rings. The lowest BCUT2D eigenvalue weighted by Crippen LogP contribution is -2.25. The maximum absolute atomic E-state index is 12.2. The second-order valence-electron chi connectivity index (χ2n) is 5.37. The van der Waals surface area contributed by atoms with Gasteiger partial charge in [0.05, 0.1) is 16.7 Å². The number of benzene rings is 1. The van der Waals surface area contributed by atoms with E-state index in [1.54, 1.807) is 0 Å². The average Bonchev–Trinajstić information content (AvgIpc) is 2.62. The number of unbranched alkanes of at least 4 members (excludes halogenated alkanes) is 1. The minimum atomic E-state index is -1.46. The molecule has 0 spiro atoms. The molecule has 0 saturated carbocycles. The van der Waals surface area contributed by atoms with Gasteiger partial charge in [-0.1, -0.05) is 19.9 Å². The second kappa shape index (κ2) is 9.97. The summed E-state index contributed by atoms with van der Waals surface area (Å²) in [5.41, 5.74) is -1.03. The quantitative estimate of drug-likeness (QED) is 0.479. The van der Waals surface area contributed by atoms with Crippen LogP contribution in [0.15, 0.2) is 30.9 Å². The molecule has 8 heteroatoms. The van der Waals surface area contributed by atoms with E-state index in [9.17, 15) is 24.3 Å². The molecule has 1 rings (SSSR count). The number of carboxylic acids is 2. The highest BCUT2D eigenvalue weighted by atomic mass is 16.6. The van der Waals surface area contributed by atoms with Crippen LogP contribution in [0.25, 0.3) is 0 Å². The summed E-state index contributed by atoms with van der Waals surface area (Å²) in [4.78, 5) is 45.7. The Kier molecular flexibility index (Phi) is 8.01. The van der Waals surface area contributed by atoms with Crippen LogP contribution < -0.4 is 0 Å². The van der Waals surface area contributed by atoms with Crippen LogP contribution in [0.3, 0.4) is 0 Å². The van der Waals surface area contributed by atoms with Crippen molar-refractivity contribution in [3.8, 4) is 0 Å². The third kappa shape index (κ3) is 6.04. The fourth-order valence-electron chi connectivity index (χ4n) is 2.10. The van der Waals surface area contributed by atoms with E-state index >= 15 is 0 Å². The molecular weight excluding hydrogens is 344 g/mol. The highest BCUT2D eigenvalue weighted by Crippen LogP contribution is 2.15. The summed E-state index contributed by atoms with van der Waals surface area (Å²) in [7, 11) is 0. The molecule has 0 fully saturated rings. The maximum atomic E-state index is 12.2. The standard InChI is InChI=1S/C18H20O8/c1-3-5-6-12(26-15(19)4-2)10-25-18(24)13-8-7-11(16(20)21)9-14(13)17(22)23/h4,7-9,12H,2-3,5-6,10H2,1H3,(H,20,21)(H,22,23). The van der Waals surface area contributed by atoms with E-state index in [2.05, 4.69) is 6.58 Å². The van der Waals surface area contributed by atoms with Crippen molar-refractivity contribution in [2.24, 2.45) is 0 Å². The number of ether oxygens (including phenoxy) is 2. The molecule has 0 heterocycles. The van der Waals surface area contributed by atoms with Crippen molar-refractivity contribution in [3.63, 3.8) is 0 Å². The van der Waals surface area contributed by atoms with Gasteiger partial charge in [-0.3, -0.25) is 0 Å². The average molecular weight is 364 g/mol. The largest absolute Gasteiger partial charge is 0.478 e. The van der Waals surface area contributed by atoms with Gasteiger partial charge >= 0.3 is 23.9 Å². The molecule has 0 amide bonds. The van der Waals surface area contributed by atoms with E-state index < -0.39 is 35.5 Å². The number of rotatable bonds is 10. The van der Waals surface area contributed by atoms with Gasteiger partial charge in [-0.2, -0.15) is 0 Å². The van der Waals surface area contributed by atoms with E-state index in [1.165, 1.54) is 0 Å². The molecule has 0 saturated heterocycles. The second-order valence-corrected chi connectivity index (χ2v) is 5.37. The molecule has 1 atom stereocenters. The highest BCUT2D eigenvalue weighted by Gasteiger charge is 2.22. The first-order valence-electron chi connectivity index (χ1n) is 7.90. The van der Waals surface area contributed by atoms with Crippen molar-refractivity contribution < 1.29 is 38.9 Å². The van der Waals surface area contributed by atoms with Gasteiger partial charge in [0.1, 0.15) is 12.7 Å². The number of esters is 2. The predicted molar refractivity (Wildman–Crippen MR) is 90.2 cm³/mol. The topological polar surface area (TPSA) is 127 Å². The van der Waals surface area contributed by atoms with Gasteiger partial charge in [0.25, 0.3) is 0 Å². The van der Waals surface area contributed by atoms with Crippen LogP contribution in [0.1, 0.15) is 57.3 Å². The summed E-state index contributed by atoms with van der Waals surface area (Å²) in [5, 5.41) is 18.1. The Balaban J connectivity index is 2.90. The van der Waals surface area contributed by atoms with Crippen LogP contribution >= 0.6 is 0 Å². The smallest absolute Gasteiger partial charge is 0.339 e. The van der Waals surface area contributed by atoms with Gasteiger partial charge in [-0.05, 0) is 31.0 Å². The minimum Gasteiger partial charge on any atom is -0.478 e. The normalized spacial score (nSPS) is 11.3. The molecule has 0 aromatic heterocycles. The summed E-state index contributed by atoms with van der Waals surface area (Å²) in [6.07, 6.45) is 2.35. The first-order chi connectivity index (χ1) is 12.3. The predicted octanol–water partition coefficient (Wildman–Crippen LogP) is 2.53. The van der Waals surface area contributed by atoms with Gasteiger partial charge in [0.2, 0.25) is 0 Å². The van der Waals surface area contributed by atoms with Crippen LogP contribution in [0.5, 0.6) is 0 Å². The van der Waals surface area contributed by atoms with Crippen molar-refractivity contribution in [2.45, 2.75) is 32.3 Å². The van der Waals surface area contributed by atoms with Crippen molar-refractivity contribution in [3.05, 3.63) is 47.5 Å². The third-order valence-electron chi connectivity index (χ3n) is 3.45. The molecular formula is C18H20O8. The molecule has 1 unspecified atom stereocenters. The van der Waals surface area contributed by atoms with E-state index in [1.807, 2.05) is 6.92 Å². The first kappa shape index (κ1) is 20.9. The monoisotopic (exact) mass is 364 g/mol. The maximum Gasteiger partial charge on any atom is 0.339 e. The lowest BCUT2D eigenvalue weighted by Gasteiger charge is -2.17. The van der Waals surface area contributed by atoms with Crippen molar-refractivity contribution in [1.29, 1.82) is 0 Å². The molecule has 0 aliphatic carbocycles. The number of hydrogen-bond acceptors (Lipinski definition) is 6. The van der Waals surface area contributed by atoms with Crippen LogP contribution in [0.2, 0.25) is 0 Å². The lowest BCUT2D eigenvalue weighted by atomic mass is 10.0. The van der Waals surface area contributed by atoms with Crippen LogP contribution in [-0.4, -0.2) is 46.8 Å². The van der Waals surface area contributed by atoms with Crippen molar-refractivity contribution in [2.75, 3.05) is 6.61 Å². The molecule has 2 N–H and O–H groups in total. The first-order valence-corrected chi connectivity index (χ1v) is 7.90. The lowest BCUT2D eigenvalue weighted by molar-refractivity contribution is -0.145. The van der Waals surface area contributed by atoms with Gasteiger partial charge in [-0.25, -0.2) is 19.2 Å². The van der Waals surface area contributed by atoms with Gasteiger partial charge in [0, 0.05) is 6.08 Å². The van der Waals surface area contributed by atoms with Crippen molar-refractivity contribution in [1.82, 2.24) is 0 Å². The summed E-state index contributed by atoms with van der Waals surface area (Å²) in [6.45, 7) is 4.99. The molecule has 0 aliphatic heterocycles. The molecule has 140 valence electrons. The summed E-state index contributed by atoms with van der Waals surface area (Å²) in [5.74, 6) is -4.38. The summed E-state index contributed by atoms with van der Waals surface area (Å²) in [6, 6.07) is 3.07. The fraction of sp³-hybridized carbons (Fsp3) is 0.333. The summed E-state index contributed by atoms with van der Waals surface area (Å²) >= 11 is 0.